The fraction of sp³-hybridized carbons (Fsp3) is 0.121. The number of benzene rings is 10. The van der Waals surface area contributed by atoms with Crippen LogP contribution in [0.2, 0.25) is 0 Å². The summed E-state index contributed by atoms with van der Waals surface area (Å²) in [7, 11) is 0. The Bertz CT molecular complexity index is 3710. The lowest BCUT2D eigenvalue weighted by molar-refractivity contribution is 0.571. The zero-order chi connectivity index (χ0) is 45.4. The van der Waals surface area contributed by atoms with Gasteiger partial charge in [0.1, 0.15) is 0 Å². The number of hydrogen-bond acceptors (Lipinski definition) is 1. The molecular weight excluding hydrogens is 839 g/mol. The molecule has 0 amide bonds. The molecule has 0 spiro atoms. The van der Waals surface area contributed by atoms with Crippen molar-refractivity contribution >= 4 is 64.1 Å². The van der Waals surface area contributed by atoms with Gasteiger partial charge in [-0.25, -0.2) is 0 Å². The normalized spacial score (nSPS) is 11.7. The molecule has 12 aromatic rings. The van der Waals surface area contributed by atoms with Gasteiger partial charge < -0.3 is 4.57 Å². The Labute approximate surface area is 403 Å². The van der Waals surface area contributed by atoms with Crippen LogP contribution in [-0.4, -0.2) is 4.57 Å². The number of thiophene rings is 1. The first-order chi connectivity index (χ1) is 33.7. The van der Waals surface area contributed by atoms with Crippen molar-refractivity contribution in [3.05, 3.63) is 218 Å². The molecule has 0 saturated heterocycles. The number of aryl methyl sites for hydroxylation is 1. The summed E-state index contributed by atoms with van der Waals surface area (Å²) in [5.41, 5.74) is 17.6. The highest BCUT2D eigenvalue weighted by Gasteiger charge is 2.18. The zero-order valence-electron chi connectivity index (χ0n) is 38.6. The lowest BCUT2D eigenvalue weighted by Crippen LogP contribution is -1.98. The van der Waals surface area contributed by atoms with Crippen molar-refractivity contribution in [1.29, 1.82) is 0 Å². The lowest BCUT2D eigenvalue weighted by Gasteiger charge is -2.11. The molecule has 1 nitrogen and oxygen atoms in total. The van der Waals surface area contributed by atoms with Crippen LogP contribution >= 0.6 is 11.3 Å². The van der Waals surface area contributed by atoms with E-state index in [1.54, 1.807) is 0 Å². The molecule has 0 N–H and O–H groups in total. The predicted molar refractivity (Wildman–Crippen MR) is 296 cm³/mol. The molecule has 2 aromatic heterocycles. The van der Waals surface area contributed by atoms with E-state index in [4.69, 9.17) is 0 Å². The molecular formula is C66H53NS. The first kappa shape index (κ1) is 41.9. The molecule has 12 rings (SSSR count). The molecule has 0 bridgehead atoms. The quantitative estimate of drug-likeness (QED) is 0.102. The monoisotopic (exact) mass is 891 g/mol. The van der Waals surface area contributed by atoms with Crippen LogP contribution < -0.4 is 0 Å². The lowest BCUT2D eigenvalue weighted by atomic mass is 9.97. The number of rotatable bonds is 13. The van der Waals surface area contributed by atoms with E-state index in [0.717, 1.165) is 6.54 Å². The third-order valence-electron chi connectivity index (χ3n) is 14.3. The van der Waals surface area contributed by atoms with Gasteiger partial charge in [-0.3, -0.25) is 0 Å². The van der Waals surface area contributed by atoms with Gasteiger partial charge in [0.15, 0.2) is 0 Å². The van der Waals surface area contributed by atoms with Crippen LogP contribution in [0, 0.1) is 0 Å². The van der Waals surface area contributed by atoms with Gasteiger partial charge in [0.25, 0.3) is 0 Å². The minimum Gasteiger partial charge on any atom is -0.340 e. The second kappa shape index (κ2) is 18.3. The minimum atomic E-state index is 1.01. The maximum atomic E-state index is 2.66. The van der Waals surface area contributed by atoms with Crippen LogP contribution in [0.25, 0.3) is 120 Å². The topological polar surface area (TPSA) is 4.93 Å². The van der Waals surface area contributed by atoms with Crippen molar-refractivity contribution in [2.24, 2.45) is 0 Å². The largest absolute Gasteiger partial charge is 0.340 e. The summed E-state index contributed by atoms with van der Waals surface area (Å²) in [5, 5.41) is 8.05. The Kier molecular flexibility index (Phi) is 11.3. The molecule has 0 unspecified atom stereocenters. The zero-order valence-corrected chi connectivity index (χ0v) is 39.4. The van der Waals surface area contributed by atoms with Gasteiger partial charge in [-0.15, -0.1) is 11.3 Å². The van der Waals surface area contributed by atoms with Crippen molar-refractivity contribution in [3.8, 4) is 66.8 Å². The minimum absolute atomic E-state index is 1.01. The van der Waals surface area contributed by atoms with Gasteiger partial charge in [0.2, 0.25) is 0 Å². The van der Waals surface area contributed by atoms with E-state index in [-0.39, 0.29) is 0 Å². The Hall–Kier alpha value is -7.52. The number of aromatic nitrogens is 1. The smallest absolute Gasteiger partial charge is 0.0571 e. The molecule has 0 saturated carbocycles. The van der Waals surface area contributed by atoms with Crippen molar-refractivity contribution in [2.75, 3.05) is 0 Å². The highest BCUT2D eigenvalue weighted by atomic mass is 32.1. The van der Waals surface area contributed by atoms with Crippen LogP contribution in [0.1, 0.15) is 45.4 Å². The maximum Gasteiger partial charge on any atom is 0.0571 e. The highest BCUT2D eigenvalue weighted by Crippen LogP contribution is 2.44. The van der Waals surface area contributed by atoms with E-state index in [9.17, 15) is 0 Å². The van der Waals surface area contributed by atoms with Gasteiger partial charge in [-0.05, 0) is 85.3 Å². The van der Waals surface area contributed by atoms with Crippen molar-refractivity contribution in [3.63, 3.8) is 0 Å². The molecule has 0 atom stereocenters. The molecule has 0 aliphatic rings. The van der Waals surface area contributed by atoms with Gasteiger partial charge in [0.05, 0.1) is 5.52 Å². The van der Waals surface area contributed by atoms with Crippen LogP contribution in [0.3, 0.4) is 0 Å². The van der Waals surface area contributed by atoms with Gasteiger partial charge in [-0.1, -0.05) is 245 Å². The Balaban J connectivity index is 0.874. The Morgan fingerprint density at radius 2 is 0.662 bits per heavy atom. The average Bonchev–Trinajstić information content (AvgIpc) is 3.95. The van der Waals surface area contributed by atoms with Gasteiger partial charge in [0, 0.05) is 53.8 Å². The maximum absolute atomic E-state index is 2.66. The van der Waals surface area contributed by atoms with Gasteiger partial charge >= 0.3 is 0 Å². The third kappa shape index (κ3) is 7.89. The van der Waals surface area contributed by atoms with E-state index >= 15 is 0 Å². The third-order valence-corrected chi connectivity index (χ3v) is 15.5. The summed E-state index contributed by atoms with van der Waals surface area (Å²) in [5.74, 6) is 0. The van der Waals surface area contributed by atoms with Crippen LogP contribution in [0.5, 0.6) is 0 Å². The summed E-state index contributed by atoms with van der Waals surface area (Å²) < 4.78 is 5.37. The van der Waals surface area contributed by atoms with E-state index < -0.39 is 0 Å². The number of fused-ring (bicyclic) bond motifs is 9. The van der Waals surface area contributed by atoms with Crippen LogP contribution in [0.4, 0.5) is 0 Å². The first-order valence-electron chi connectivity index (χ1n) is 24.5. The first-order valence-corrected chi connectivity index (χ1v) is 25.3. The number of unbranched alkanes of at least 4 members (excludes halogenated alkanes) is 5. The Morgan fingerprint density at radius 3 is 1.16 bits per heavy atom. The summed E-state index contributed by atoms with van der Waals surface area (Å²) >= 11 is 1.94. The summed E-state index contributed by atoms with van der Waals surface area (Å²) in [6.07, 6.45) is 7.66. The molecule has 68 heavy (non-hydrogen) atoms. The molecule has 2 heteroatoms. The summed E-state index contributed by atoms with van der Waals surface area (Å²) in [4.78, 5) is 0. The second-order valence-electron chi connectivity index (χ2n) is 18.5. The van der Waals surface area contributed by atoms with E-state index in [2.05, 4.69) is 230 Å². The molecule has 0 aliphatic heterocycles. The summed E-state index contributed by atoms with van der Waals surface area (Å²) in [6.45, 7) is 3.31. The highest BCUT2D eigenvalue weighted by molar-refractivity contribution is 7.26. The van der Waals surface area contributed by atoms with E-state index in [1.807, 2.05) is 11.3 Å². The molecule has 0 aliphatic carbocycles. The summed E-state index contributed by atoms with van der Waals surface area (Å²) in [6, 6.07) is 81.1. The van der Waals surface area contributed by atoms with Crippen molar-refractivity contribution in [2.45, 2.75) is 52.0 Å². The molecule has 10 aromatic carbocycles. The second-order valence-corrected chi connectivity index (χ2v) is 19.6. The number of nitrogens with zero attached hydrogens (tertiary/aromatic N) is 1. The molecule has 2 heterocycles. The van der Waals surface area contributed by atoms with E-state index in [1.165, 1.54) is 158 Å². The average molecular weight is 892 g/mol. The van der Waals surface area contributed by atoms with Gasteiger partial charge in [-0.2, -0.15) is 0 Å². The Morgan fingerprint density at radius 1 is 0.309 bits per heavy atom. The number of hydrogen-bond donors (Lipinski definition) is 0. The van der Waals surface area contributed by atoms with Crippen molar-refractivity contribution in [1.82, 2.24) is 4.57 Å². The SMILES string of the molecule is CCCCCCCCn1c2cc(-c3ccc(-c4ccc(-c5ccccc5)cc4)cc3)ccc2c2ccc3c(ccc4c5ccc(-c6ccc(-c7ccc(-c8ccccc8)cc7)cc6)cc5sc43)c21. The molecule has 0 radical (unpaired) electrons. The van der Waals surface area contributed by atoms with Crippen LogP contribution in [-0.2, 0) is 6.54 Å². The predicted octanol–water partition coefficient (Wildman–Crippen LogP) is 19.7. The molecule has 0 fully saturated rings. The fourth-order valence-electron chi connectivity index (χ4n) is 10.6. The van der Waals surface area contributed by atoms with E-state index in [0.29, 0.717) is 0 Å². The standard InChI is InChI=1S/C66H53NS/c1-2-3-4-5-6-13-42-67-63-43-55(53-30-26-51(27-31-53)49-22-18-47(19-23-49)45-14-9-7-10-15-45)34-36-57(63)59-38-41-62-60(65(59)67)39-40-61-58-37-35-56(44-64(58)68-66(61)62)54-32-28-52(29-33-54)50-24-20-48(21-25-50)46-16-11-8-12-17-46/h7-12,14-41,43-44H,2-6,13,42H2,1H3. The fourth-order valence-corrected chi connectivity index (χ4v) is 11.8. The van der Waals surface area contributed by atoms with Crippen LogP contribution in [0.15, 0.2) is 218 Å². The van der Waals surface area contributed by atoms with Crippen molar-refractivity contribution < 1.29 is 0 Å². The molecule has 328 valence electrons.